The van der Waals surface area contributed by atoms with Crippen LogP contribution in [0.5, 0.6) is 0 Å². The molecule has 0 aliphatic rings. The van der Waals surface area contributed by atoms with Crippen LogP contribution in [0, 0.1) is 27.7 Å². The van der Waals surface area contributed by atoms with Crippen LogP contribution in [0.1, 0.15) is 33.0 Å². The number of amides is 1. The third-order valence-electron chi connectivity index (χ3n) is 4.16. The number of aromatic nitrogens is 2. The lowest BCUT2D eigenvalue weighted by Gasteiger charge is -2.10. The highest BCUT2D eigenvalue weighted by atomic mass is 16.1. The molecule has 0 fully saturated rings. The van der Waals surface area contributed by atoms with Gasteiger partial charge in [0.05, 0.1) is 0 Å². The van der Waals surface area contributed by atoms with Gasteiger partial charge < -0.3 is 10.6 Å². The van der Waals surface area contributed by atoms with E-state index in [1.807, 2.05) is 37.3 Å². The molecule has 0 saturated carbocycles. The Hall–Kier alpha value is -3.21. The molecule has 1 aromatic heterocycles. The molecule has 1 amide bonds. The number of carbonyl (C=O) groups is 1. The second-order valence-electron chi connectivity index (χ2n) is 6.43. The van der Waals surface area contributed by atoms with E-state index in [1.165, 1.54) is 11.1 Å². The van der Waals surface area contributed by atoms with Gasteiger partial charge in [0, 0.05) is 17.4 Å². The molecule has 0 atom stereocenters. The molecule has 2 N–H and O–H groups in total. The highest BCUT2D eigenvalue weighted by molar-refractivity contribution is 6.03. The van der Waals surface area contributed by atoms with E-state index >= 15 is 0 Å². The topological polar surface area (TPSA) is 66.9 Å². The summed E-state index contributed by atoms with van der Waals surface area (Å²) in [7, 11) is 0. The Kier molecular flexibility index (Phi) is 4.98. The second kappa shape index (κ2) is 7.35. The van der Waals surface area contributed by atoms with Gasteiger partial charge in [-0.05, 0) is 63.1 Å². The lowest BCUT2D eigenvalue weighted by atomic mass is 10.1. The van der Waals surface area contributed by atoms with E-state index in [1.54, 1.807) is 13.0 Å². The quantitative estimate of drug-likeness (QED) is 0.718. The highest BCUT2D eigenvalue weighted by Gasteiger charge is 2.11. The highest BCUT2D eigenvalue weighted by Crippen LogP contribution is 2.19. The number of rotatable bonds is 4. The van der Waals surface area contributed by atoms with Crippen molar-refractivity contribution in [2.75, 3.05) is 10.6 Å². The van der Waals surface area contributed by atoms with Crippen molar-refractivity contribution >= 4 is 23.1 Å². The molecule has 0 radical (unpaired) electrons. The first kappa shape index (κ1) is 17.6. The average molecular weight is 346 g/mol. The van der Waals surface area contributed by atoms with Gasteiger partial charge in [0.25, 0.3) is 5.91 Å². The molecule has 0 saturated heterocycles. The normalized spacial score (nSPS) is 10.5. The number of carbonyl (C=O) groups excluding carboxylic acids is 1. The van der Waals surface area contributed by atoms with E-state index in [-0.39, 0.29) is 5.91 Å². The van der Waals surface area contributed by atoms with Crippen LogP contribution in [0.15, 0.2) is 48.5 Å². The molecule has 3 aromatic rings. The van der Waals surface area contributed by atoms with Gasteiger partial charge in [-0.3, -0.25) is 4.79 Å². The fourth-order valence-electron chi connectivity index (χ4n) is 2.55. The molecule has 0 unspecified atom stereocenters. The second-order valence-corrected chi connectivity index (χ2v) is 6.43. The molecule has 0 bridgehead atoms. The van der Waals surface area contributed by atoms with E-state index in [0.29, 0.717) is 17.3 Å². The van der Waals surface area contributed by atoms with Crippen LogP contribution in [0.2, 0.25) is 0 Å². The molecule has 2 aromatic carbocycles. The van der Waals surface area contributed by atoms with Crippen LogP contribution >= 0.6 is 0 Å². The number of nitrogens with one attached hydrogen (secondary N) is 2. The third-order valence-corrected chi connectivity index (χ3v) is 4.16. The minimum Gasteiger partial charge on any atom is -0.340 e. The fraction of sp³-hybridized carbons (Fsp3) is 0.190. The van der Waals surface area contributed by atoms with Gasteiger partial charge in [0.15, 0.2) is 0 Å². The van der Waals surface area contributed by atoms with Crippen LogP contribution in [-0.2, 0) is 0 Å². The van der Waals surface area contributed by atoms with Crippen molar-refractivity contribution in [3.8, 4) is 0 Å². The summed E-state index contributed by atoms with van der Waals surface area (Å²) in [5, 5.41) is 6.11. The SMILES string of the molecule is Cc1ccc(NC(=O)c2cc(Nc3ccc(C)c(C)c3)nc(C)n2)cc1. The molecule has 0 aliphatic carbocycles. The molecular formula is C21H22N4O. The van der Waals surface area contributed by atoms with Gasteiger partial charge in [0.1, 0.15) is 17.3 Å². The maximum Gasteiger partial charge on any atom is 0.274 e. The largest absolute Gasteiger partial charge is 0.340 e. The van der Waals surface area contributed by atoms with Gasteiger partial charge in [0.2, 0.25) is 0 Å². The summed E-state index contributed by atoms with van der Waals surface area (Å²) in [5.41, 5.74) is 5.55. The first-order valence-corrected chi connectivity index (χ1v) is 8.49. The Labute approximate surface area is 153 Å². The molecule has 3 rings (SSSR count). The lowest BCUT2D eigenvalue weighted by Crippen LogP contribution is -2.15. The van der Waals surface area contributed by atoms with E-state index in [4.69, 9.17) is 0 Å². The summed E-state index contributed by atoms with van der Waals surface area (Å²) < 4.78 is 0. The zero-order valence-electron chi connectivity index (χ0n) is 15.4. The molecule has 26 heavy (non-hydrogen) atoms. The zero-order chi connectivity index (χ0) is 18.7. The summed E-state index contributed by atoms with van der Waals surface area (Å²) in [6.07, 6.45) is 0. The summed E-state index contributed by atoms with van der Waals surface area (Å²) >= 11 is 0. The van der Waals surface area contributed by atoms with Crippen LogP contribution < -0.4 is 10.6 Å². The molecular weight excluding hydrogens is 324 g/mol. The Morgan fingerprint density at radius 3 is 2.19 bits per heavy atom. The first-order chi connectivity index (χ1) is 12.4. The van der Waals surface area contributed by atoms with Crippen LogP contribution in [-0.4, -0.2) is 15.9 Å². The molecule has 5 nitrogen and oxygen atoms in total. The molecule has 5 heteroatoms. The van der Waals surface area contributed by atoms with Crippen molar-refractivity contribution in [1.29, 1.82) is 0 Å². The Balaban J connectivity index is 1.81. The Morgan fingerprint density at radius 1 is 0.808 bits per heavy atom. The minimum atomic E-state index is -0.262. The van der Waals surface area contributed by atoms with Crippen molar-refractivity contribution in [1.82, 2.24) is 9.97 Å². The van der Waals surface area contributed by atoms with Crippen LogP contribution in [0.3, 0.4) is 0 Å². The Bertz CT molecular complexity index is 949. The monoisotopic (exact) mass is 346 g/mol. The first-order valence-electron chi connectivity index (χ1n) is 8.49. The predicted molar refractivity (Wildman–Crippen MR) is 105 cm³/mol. The van der Waals surface area contributed by atoms with Gasteiger partial charge in [-0.1, -0.05) is 23.8 Å². The molecule has 1 heterocycles. The number of anilines is 3. The van der Waals surface area contributed by atoms with E-state index in [0.717, 1.165) is 16.9 Å². The smallest absolute Gasteiger partial charge is 0.274 e. The number of hydrogen-bond acceptors (Lipinski definition) is 4. The average Bonchev–Trinajstić information content (AvgIpc) is 2.59. The van der Waals surface area contributed by atoms with E-state index < -0.39 is 0 Å². The number of nitrogens with zero attached hydrogens (tertiary/aromatic N) is 2. The van der Waals surface area contributed by atoms with Crippen molar-refractivity contribution in [3.05, 3.63) is 76.7 Å². The van der Waals surface area contributed by atoms with Gasteiger partial charge in [-0.15, -0.1) is 0 Å². The van der Waals surface area contributed by atoms with Crippen molar-refractivity contribution < 1.29 is 4.79 Å². The van der Waals surface area contributed by atoms with Crippen molar-refractivity contribution in [2.45, 2.75) is 27.7 Å². The van der Waals surface area contributed by atoms with Gasteiger partial charge in [-0.2, -0.15) is 0 Å². The lowest BCUT2D eigenvalue weighted by molar-refractivity contribution is 0.102. The summed E-state index contributed by atoms with van der Waals surface area (Å²) in [4.78, 5) is 21.2. The number of benzene rings is 2. The summed E-state index contributed by atoms with van der Waals surface area (Å²) in [6, 6.07) is 15.4. The van der Waals surface area contributed by atoms with E-state index in [2.05, 4.69) is 46.6 Å². The summed E-state index contributed by atoms with van der Waals surface area (Å²) in [5.74, 6) is 0.866. The van der Waals surface area contributed by atoms with Gasteiger partial charge >= 0.3 is 0 Å². The third kappa shape index (κ3) is 4.25. The maximum atomic E-state index is 12.5. The fourth-order valence-corrected chi connectivity index (χ4v) is 2.55. The maximum absolute atomic E-state index is 12.5. The predicted octanol–water partition coefficient (Wildman–Crippen LogP) is 4.71. The molecule has 0 aliphatic heterocycles. The van der Waals surface area contributed by atoms with Gasteiger partial charge in [-0.25, -0.2) is 9.97 Å². The Morgan fingerprint density at radius 2 is 1.50 bits per heavy atom. The minimum absolute atomic E-state index is 0.262. The zero-order valence-corrected chi connectivity index (χ0v) is 15.4. The van der Waals surface area contributed by atoms with Crippen LogP contribution in [0.25, 0.3) is 0 Å². The molecule has 132 valence electrons. The van der Waals surface area contributed by atoms with E-state index in [9.17, 15) is 4.79 Å². The van der Waals surface area contributed by atoms with Crippen molar-refractivity contribution in [3.63, 3.8) is 0 Å². The number of aryl methyl sites for hydroxylation is 4. The number of hydrogen-bond donors (Lipinski definition) is 2. The van der Waals surface area contributed by atoms with Crippen LogP contribution in [0.4, 0.5) is 17.2 Å². The molecule has 0 spiro atoms. The standard InChI is InChI=1S/C21H22N4O/c1-13-5-8-17(9-6-13)25-21(26)19-12-20(23-16(4)22-19)24-18-10-7-14(2)15(3)11-18/h5-12H,1-4H3,(H,25,26)(H,22,23,24). The summed E-state index contributed by atoms with van der Waals surface area (Å²) in [6.45, 7) is 7.91. The van der Waals surface area contributed by atoms with Crippen molar-refractivity contribution in [2.24, 2.45) is 0 Å².